The summed E-state index contributed by atoms with van der Waals surface area (Å²) < 4.78 is 18.6. The Kier molecular flexibility index (Phi) is 16.1. The minimum absolute atomic E-state index is 0.0577. The minimum atomic E-state index is -0.825. The molecule has 1 saturated carbocycles. The number of fused-ring (bicyclic) bond motifs is 2. The van der Waals surface area contributed by atoms with Gasteiger partial charge in [-0.05, 0) is 124 Å². The number of aliphatic hydroxyl groups excluding tert-OH is 1. The van der Waals surface area contributed by atoms with E-state index in [1.807, 2.05) is 81.9 Å². The maximum Gasteiger partial charge on any atom is 0.254 e. The highest BCUT2D eigenvalue weighted by atomic mass is 127. The number of pyridine rings is 1. The van der Waals surface area contributed by atoms with Crippen molar-refractivity contribution < 1.29 is 33.8 Å². The summed E-state index contributed by atoms with van der Waals surface area (Å²) in [6, 6.07) is 22.6. The number of amides is 2. The lowest BCUT2D eigenvalue weighted by Gasteiger charge is -2.46. The highest BCUT2D eigenvalue weighted by molar-refractivity contribution is 14.1. The third-order valence-electron chi connectivity index (χ3n) is 17.1. The highest BCUT2D eigenvalue weighted by Crippen LogP contribution is 2.43. The summed E-state index contributed by atoms with van der Waals surface area (Å²) in [6.07, 6.45) is 7.45. The molecule has 8 heterocycles. The van der Waals surface area contributed by atoms with E-state index in [1.54, 1.807) is 29.5 Å². The number of nitrogens with zero attached hydrogens (tertiary/aromatic N) is 9. The van der Waals surface area contributed by atoms with E-state index in [0.717, 1.165) is 104 Å². The van der Waals surface area contributed by atoms with E-state index < -0.39 is 18.1 Å². The van der Waals surface area contributed by atoms with Crippen molar-refractivity contribution in [1.29, 1.82) is 0 Å². The number of ether oxygens (including phenoxy) is 2. The Morgan fingerprint density at radius 3 is 2.46 bits per heavy atom. The number of rotatable bonds is 18. The van der Waals surface area contributed by atoms with Gasteiger partial charge in [-0.25, -0.2) is 9.97 Å². The van der Waals surface area contributed by atoms with Crippen molar-refractivity contribution in [3.63, 3.8) is 0 Å². The molecule has 0 radical (unpaired) electrons. The molecule has 11 rings (SSSR count). The van der Waals surface area contributed by atoms with Crippen LogP contribution in [0.5, 0.6) is 17.5 Å². The molecular formula is C59H72IN11O7S. The number of β-amino-alcohol motifs (C(OH)–C–C–N with tert-alkyl or cyclic N) is 1. The Labute approximate surface area is 479 Å². The minimum Gasteiger partial charge on any atom is -0.507 e. The number of aromatic hydroxyl groups is 1. The molecular weight excluding hydrogens is 1130 g/mol. The Morgan fingerprint density at radius 2 is 1.73 bits per heavy atom. The van der Waals surface area contributed by atoms with Crippen molar-refractivity contribution in [1.82, 2.24) is 40.4 Å². The molecule has 4 saturated heterocycles. The van der Waals surface area contributed by atoms with Gasteiger partial charge >= 0.3 is 0 Å². The van der Waals surface area contributed by atoms with Crippen LogP contribution >= 0.6 is 33.9 Å². The number of phenols is 1. The van der Waals surface area contributed by atoms with E-state index in [1.165, 1.54) is 4.90 Å². The third-order valence-corrected chi connectivity index (χ3v) is 19.3. The largest absolute Gasteiger partial charge is 0.507 e. The molecule has 18 nitrogen and oxygen atoms in total. The Balaban J connectivity index is 0.620. The summed E-state index contributed by atoms with van der Waals surface area (Å²) >= 11 is 4.24. The number of nitrogens with two attached hydrogens (primary N) is 1. The van der Waals surface area contributed by atoms with Crippen molar-refractivity contribution in [2.45, 2.75) is 125 Å². The molecule has 2 amide bonds. The second kappa shape index (κ2) is 23.2. The van der Waals surface area contributed by atoms with E-state index in [2.05, 4.69) is 87.0 Å². The third kappa shape index (κ3) is 11.9. The number of piperazine rings is 1. The van der Waals surface area contributed by atoms with Gasteiger partial charge in [0.05, 0.1) is 46.2 Å². The number of anilines is 3. The normalized spacial score (nSPS) is 25.8. The highest BCUT2D eigenvalue weighted by Gasteiger charge is 2.45. The number of piperidine rings is 1. The zero-order valence-electron chi connectivity index (χ0n) is 45.6. The summed E-state index contributed by atoms with van der Waals surface area (Å²) in [5.41, 5.74) is 14.5. The SMILES string of the molecule is Cc1ncsc1-c1ccc([C@H](C)NC(=O)[C@@H]2C[C@@H](O)CN2C(=O)[C@H](c2cc(OCC[C@@H]3CCN(C[C@H]4C[C@H](Oc5cc(N6C7CCC6CN(c6cc(-c8ccccc8O)nnc6N)C7)ccn5)C4)C[C@@]3(C)I)no2)C(C)C)cc1. The molecule has 5 aliphatic rings. The number of hydrogen-bond acceptors (Lipinski definition) is 17. The van der Waals surface area contributed by atoms with Gasteiger partial charge in [0.1, 0.15) is 23.8 Å². The van der Waals surface area contributed by atoms with E-state index in [4.69, 9.17) is 19.7 Å². The smallest absolute Gasteiger partial charge is 0.254 e. The zero-order chi connectivity index (χ0) is 55.1. The number of carbonyl (C=O) groups excluding carboxylic acids is 2. The van der Waals surface area contributed by atoms with Crippen molar-refractivity contribution in [2.24, 2.45) is 17.8 Å². The lowest BCUT2D eigenvalue weighted by Crippen LogP contribution is -2.54. The molecule has 6 aromatic rings. The Hall–Kier alpha value is -6.10. The quantitative estimate of drug-likeness (QED) is 0.0466. The van der Waals surface area contributed by atoms with Crippen LogP contribution in [-0.2, 0) is 9.59 Å². The average molecular weight is 1210 g/mol. The molecule has 5 fully saturated rings. The van der Waals surface area contributed by atoms with Gasteiger partial charge in [-0.15, -0.1) is 21.5 Å². The maximum absolute atomic E-state index is 14.3. The van der Waals surface area contributed by atoms with Crippen LogP contribution in [0.2, 0.25) is 0 Å². The van der Waals surface area contributed by atoms with Crippen LogP contribution < -0.4 is 30.3 Å². The van der Waals surface area contributed by atoms with Gasteiger partial charge in [-0.2, -0.15) is 0 Å². The first-order valence-corrected chi connectivity index (χ1v) is 29.9. The lowest BCUT2D eigenvalue weighted by atomic mass is 9.80. The number of thiazole rings is 1. The number of hydrogen-bond donors (Lipinski definition) is 4. The molecule has 79 heavy (non-hydrogen) atoms. The van der Waals surface area contributed by atoms with Crippen molar-refractivity contribution in [2.75, 3.05) is 61.4 Å². The second-order valence-electron chi connectivity index (χ2n) is 23.1. The van der Waals surface area contributed by atoms with Gasteiger partial charge in [0.25, 0.3) is 5.88 Å². The van der Waals surface area contributed by atoms with Crippen LogP contribution in [0, 0.1) is 24.7 Å². The van der Waals surface area contributed by atoms with Gasteiger partial charge in [-0.1, -0.05) is 72.8 Å². The van der Waals surface area contributed by atoms with Crippen LogP contribution in [0.3, 0.4) is 0 Å². The van der Waals surface area contributed by atoms with Crippen LogP contribution in [-0.4, -0.2) is 137 Å². The number of nitrogen functional groups attached to an aromatic ring is 1. The first-order chi connectivity index (χ1) is 38.0. The Morgan fingerprint density at radius 1 is 0.962 bits per heavy atom. The summed E-state index contributed by atoms with van der Waals surface area (Å²) in [5, 5.41) is 37.2. The number of carbonyl (C=O) groups is 2. The number of benzene rings is 2. The van der Waals surface area contributed by atoms with Crippen molar-refractivity contribution in [3.8, 4) is 39.2 Å². The molecule has 1 aliphatic carbocycles. The Bertz CT molecular complexity index is 3100. The van der Waals surface area contributed by atoms with Gasteiger partial charge in [-0.3, -0.25) is 9.59 Å². The number of likely N-dealkylation sites (tertiary alicyclic amines) is 2. The number of para-hydroxylation sites is 1. The fourth-order valence-electron chi connectivity index (χ4n) is 12.9. The number of nitrogens with one attached hydrogen (secondary N) is 1. The number of halogens is 1. The molecule has 2 bridgehead atoms. The van der Waals surface area contributed by atoms with Gasteiger partial charge < -0.3 is 54.9 Å². The predicted molar refractivity (Wildman–Crippen MR) is 313 cm³/mol. The fraction of sp³-hybridized carbons (Fsp3) is 0.508. The topological polar surface area (TPSA) is 222 Å². The fourth-order valence-corrected chi connectivity index (χ4v) is 14.8. The first-order valence-electron chi connectivity index (χ1n) is 27.9. The molecule has 8 atom stereocenters. The maximum atomic E-state index is 14.3. The second-order valence-corrected chi connectivity index (χ2v) is 26.4. The summed E-state index contributed by atoms with van der Waals surface area (Å²) in [4.78, 5) is 47.2. The number of phenolic OH excluding ortho intramolecular Hbond substituents is 1. The molecule has 5 N–H and O–H groups in total. The number of aryl methyl sites for hydroxylation is 1. The molecule has 2 unspecified atom stereocenters. The van der Waals surface area contributed by atoms with E-state index >= 15 is 0 Å². The monoisotopic (exact) mass is 1210 g/mol. The van der Waals surface area contributed by atoms with Crippen LogP contribution in [0.1, 0.15) is 102 Å². The lowest BCUT2D eigenvalue weighted by molar-refractivity contribution is -0.141. The number of alkyl halides is 1. The molecule has 2 aromatic carbocycles. The van der Waals surface area contributed by atoms with E-state index in [-0.39, 0.29) is 52.0 Å². The molecule has 0 spiro atoms. The van der Waals surface area contributed by atoms with Gasteiger partial charge in [0.2, 0.25) is 17.7 Å². The van der Waals surface area contributed by atoms with Gasteiger partial charge in [0, 0.05) is 84.2 Å². The zero-order valence-corrected chi connectivity index (χ0v) is 48.6. The molecule has 418 valence electrons. The molecule has 4 aliphatic heterocycles. The average Bonchev–Trinajstić information content (AvgIpc) is 4.25. The first kappa shape index (κ1) is 54.8. The molecule has 20 heteroatoms. The van der Waals surface area contributed by atoms with Gasteiger partial charge in [0.15, 0.2) is 11.6 Å². The summed E-state index contributed by atoms with van der Waals surface area (Å²) in [7, 11) is 0. The van der Waals surface area contributed by atoms with Crippen LogP contribution in [0.15, 0.2) is 89.0 Å². The van der Waals surface area contributed by atoms with E-state index in [0.29, 0.717) is 65.1 Å². The number of aromatic nitrogens is 5. The predicted octanol–water partition coefficient (Wildman–Crippen LogP) is 8.82. The van der Waals surface area contributed by atoms with Crippen molar-refractivity contribution in [3.05, 3.63) is 102 Å². The van der Waals surface area contributed by atoms with E-state index in [9.17, 15) is 19.8 Å². The summed E-state index contributed by atoms with van der Waals surface area (Å²) in [5.74, 6) is 1.50. The molecule has 4 aromatic heterocycles. The van der Waals surface area contributed by atoms with Crippen molar-refractivity contribution >= 4 is 62.9 Å². The number of aliphatic hydroxyl groups is 1. The standard InChI is InChI=1S/C59H72IN11O7S/c1-34(2)54(58(75)70-31-44(72)25-49(70)57(74)64-35(3)38-10-12-39(13-11-38)55-36(4)63-33-79-55)51-27-53(67-78-51)76-21-18-40-17-20-68(32-59(40,5)60)28-37-22-45(23-37)77-52-24-41(16-19-62-52)71-42-14-15-43(71)30-69(29-42)48-26-47(65-66-56(48)61)46-8-6-7-9-50(46)73/h6-13,16,19,24,26-27,33-35,37,40,42-45,49,54,72-73H,14-15,17-18,20-23,25,28-32H2,1-5H3,(H2,61,66)(H,64,74)/t35-,37-,40-,42?,43?,44+,45-,49-,54-,59+/m0/s1. The van der Waals surface area contributed by atoms with Crippen LogP contribution in [0.25, 0.3) is 21.7 Å². The summed E-state index contributed by atoms with van der Waals surface area (Å²) in [6.45, 7) is 15.4. The van der Waals surface area contributed by atoms with Crippen LogP contribution in [0.4, 0.5) is 17.2 Å².